The fourth-order valence-electron chi connectivity index (χ4n) is 3.10. The molecule has 0 bridgehead atoms. The Kier molecular flexibility index (Phi) is 4.56. The standard InChI is InChI=1S/C21H20F2N2O2/c1-26-18-10-16(11-19(12-18)27-9-7-17-13-21(17,22)23)14-2-4-15(5-3-14)20-6-8-24-25-20/h2-6,8,10-12,17H,7,9,13H2,1H3,(H,24,25). The molecule has 0 aliphatic heterocycles. The Bertz CT molecular complexity index is 908. The maximum absolute atomic E-state index is 13.0. The Balaban J connectivity index is 1.50. The number of H-pyrrole nitrogens is 1. The molecule has 1 aromatic heterocycles. The van der Waals surface area contributed by atoms with Gasteiger partial charge in [-0.3, -0.25) is 5.10 Å². The topological polar surface area (TPSA) is 47.1 Å². The van der Waals surface area contributed by atoms with Crippen LogP contribution in [0.15, 0.2) is 54.7 Å². The van der Waals surface area contributed by atoms with Crippen molar-refractivity contribution in [2.75, 3.05) is 13.7 Å². The summed E-state index contributed by atoms with van der Waals surface area (Å²) in [5, 5.41) is 6.90. The van der Waals surface area contributed by atoms with Crippen LogP contribution in [-0.2, 0) is 0 Å². The van der Waals surface area contributed by atoms with E-state index in [1.807, 2.05) is 42.5 Å². The van der Waals surface area contributed by atoms with Gasteiger partial charge in [-0.15, -0.1) is 0 Å². The SMILES string of the molecule is COc1cc(OCCC2CC2(F)F)cc(-c2ccc(-c3ccn[nH]3)cc2)c1. The van der Waals surface area contributed by atoms with E-state index in [1.54, 1.807) is 19.4 Å². The van der Waals surface area contributed by atoms with Crippen molar-refractivity contribution in [1.82, 2.24) is 10.2 Å². The number of halogens is 2. The van der Waals surface area contributed by atoms with Gasteiger partial charge in [-0.2, -0.15) is 5.10 Å². The minimum absolute atomic E-state index is 0.0254. The number of aromatic nitrogens is 2. The predicted molar refractivity (Wildman–Crippen MR) is 99.2 cm³/mol. The second kappa shape index (κ2) is 7.02. The third-order valence-electron chi connectivity index (χ3n) is 4.84. The first-order valence-electron chi connectivity index (χ1n) is 8.85. The van der Waals surface area contributed by atoms with Crippen molar-refractivity contribution >= 4 is 0 Å². The molecular weight excluding hydrogens is 350 g/mol. The summed E-state index contributed by atoms with van der Waals surface area (Å²) in [6, 6.07) is 15.6. The van der Waals surface area contributed by atoms with Crippen LogP contribution >= 0.6 is 0 Å². The van der Waals surface area contributed by atoms with Crippen LogP contribution in [0.3, 0.4) is 0 Å². The molecule has 6 heteroatoms. The molecule has 0 spiro atoms. The second-order valence-electron chi connectivity index (χ2n) is 6.74. The summed E-state index contributed by atoms with van der Waals surface area (Å²) in [6.07, 6.45) is 2.05. The van der Waals surface area contributed by atoms with Crippen LogP contribution < -0.4 is 9.47 Å². The number of methoxy groups -OCH3 is 1. The minimum Gasteiger partial charge on any atom is -0.497 e. The normalized spacial score (nSPS) is 17.5. The zero-order valence-corrected chi connectivity index (χ0v) is 14.9. The molecule has 2 aromatic carbocycles. The predicted octanol–water partition coefficient (Wildman–Crippen LogP) is 5.18. The third kappa shape index (κ3) is 3.94. The molecule has 4 rings (SSSR count). The molecule has 0 radical (unpaired) electrons. The molecule has 140 valence electrons. The average molecular weight is 370 g/mol. The average Bonchev–Trinajstić information content (AvgIpc) is 3.07. The Morgan fingerprint density at radius 3 is 2.37 bits per heavy atom. The highest BCUT2D eigenvalue weighted by molar-refractivity contribution is 5.71. The number of ether oxygens (including phenoxy) is 2. The molecule has 1 unspecified atom stereocenters. The van der Waals surface area contributed by atoms with Gasteiger partial charge in [-0.05, 0) is 41.3 Å². The van der Waals surface area contributed by atoms with Crippen molar-refractivity contribution in [3.05, 3.63) is 54.7 Å². The molecule has 1 N–H and O–H groups in total. The van der Waals surface area contributed by atoms with Gasteiger partial charge in [0.2, 0.25) is 0 Å². The Labute approximate surface area is 156 Å². The van der Waals surface area contributed by atoms with Crippen LogP contribution in [0.2, 0.25) is 0 Å². The van der Waals surface area contributed by atoms with Gasteiger partial charge >= 0.3 is 0 Å². The number of hydrogen-bond acceptors (Lipinski definition) is 3. The second-order valence-corrected chi connectivity index (χ2v) is 6.74. The summed E-state index contributed by atoms with van der Waals surface area (Å²) in [6.45, 7) is 0.269. The van der Waals surface area contributed by atoms with E-state index in [-0.39, 0.29) is 13.0 Å². The van der Waals surface area contributed by atoms with Gasteiger partial charge in [0.05, 0.1) is 19.4 Å². The Morgan fingerprint density at radius 1 is 1.04 bits per heavy atom. The minimum atomic E-state index is -2.50. The summed E-state index contributed by atoms with van der Waals surface area (Å²) in [5.74, 6) is -1.76. The monoisotopic (exact) mass is 370 g/mol. The summed E-state index contributed by atoms with van der Waals surface area (Å²) in [7, 11) is 1.59. The molecular formula is C21H20F2N2O2. The van der Waals surface area contributed by atoms with E-state index in [0.29, 0.717) is 17.9 Å². The lowest BCUT2D eigenvalue weighted by atomic mass is 10.0. The number of nitrogens with one attached hydrogen (secondary N) is 1. The Hall–Kier alpha value is -2.89. The van der Waals surface area contributed by atoms with E-state index >= 15 is 0 Å². The van der Waals surface area contributed by atoms with Gasteiger partial charge in [0, 0.05) is 24.6 Å². The van der Waals surface area contributed by atoms with Crippen LogP contribution in [-0.4, -0.2) is 29.8 Å². The lowest BCUT2D eigenvalue weighted by molar-refractivity contribution is 0.0930. The highest BCUT2D eigenvalue weighted by atomic mass is 19.3. The molecule has 1 saturated carbocycles. The van der Waals surface area contributed by atoms with Crippen molar-refractivity contribution in [2.24, 2.45) is 5.92 Å². The van der Waals surface area contributed by atoms with Gasteiger partial charge in [-0.25, -0.2) is 8.78 Å². The fourth-order valence-corrected chi connectivity index (χ4v) is 3.10. The van der Waals surface area contributed by atoms with Crippen LogP contribution in [0.1, 0.15) is 12.8 Å². The molecule has 1 aliphatic carbocycles. The molecule has 4 nitrogen and oxygen atoms in total. The zero-order valence-electron chi connectivity index (χ0n) is 14.9. The van der Waals surface area contributed by atoms with Gasteiger partial charge in [-0.1, -0.05) is 24.3 Å². The maximum atomic E-state index is 13.0. The number of hydrogen-bond donors (Lipinski definition) is 1. The van der Waals surface area contributed by atoms with Crippen LogP contribution in [0.25, 0.3) is 22.4 Å². The van der Waals surface area contributed by atoms with Crippen molar-refractivity contribution in [2.45, 2.75) is 18.8 Å². The van der Waals surface area contributed by atoms with Crippen LogP contribution in [0.5, 0.6) is 11.5 Å². The molecule has 1 aliphatic rings. The number of rotatable bonds is 7. The van der Waals surface area contributed by atoms with E-state index < -0.39 is 11.8 Å². The lowest BCUT2D eigenvalue weighted by Gasteiger charge is -2.11. The highest BCUT2D eigenvalue weighted by Gasteiger charge is 2.56. The van der Waals surface area contributed by atoms with Gasteiger partial charge in [0.25, 0.3) is 5.92 Å². The lowest BCUT2D eigenvalue weighted by Crippen LogP contribution is -2.02. The largest absolute Gasteiger partial charge is 0.497 e. The Morgan fingerprint density at radius 2 is 1.74 bits per heavy atom. The van der Waals surface area contributed by atoms with Crippen molar-refractivity contribution in [3.8, 4) is 33.9 Å². The fraction of sp³-hybridized carbons (Fsp3) is 0.286. The van der Waals surface area contributed by atoms with E-state index in [1.165, 1.54) is 0 Å². The molecule has 0 amide bonds. The van der Waals surface area contributed by atoms with Gasteiger partial charge in [0.1, 0.15) is 11.5 Å². The summed E-state index contributed by atoms with van der Waals surface area (Å²) in [4.78, 5) is 0. The molecule has 1 heterocycles. The van der Waals surface area contributed by atoms with Crippen molar-refractivity contribution in [3.63, 3.8) is 0 Å². The quantitative estimate of drug-likeness (QED) is 0.624. The molecule has 1 atom stereocenters. The molecule has 0 saturated heterocycles. The summed E-state index contributed by atoms with van der Waals surface area (Å²) in [5.41, 5.74) is 3.95. The van der Waals surface area contributed by atoms with Crippen molar-refractivity contribution in [1.29, 1.82) is 0 Å². The maximum Gasteiger partial charge on any atom is 0.251 e. The molecule has 1 fully saturated rings. The van der Waals surface area contributed by atoms with Crippen molar-refractivity contribution < 1.29 is 18.3 Å². The molecule has 3 aromatic rings. The highest BCUT2D eigenvalue weighted by Crippen LogP contribution is 2.50. The molecule has 27 heavy (non-hydrogen) atoms. The van der Waals surface area contributed by atoms with Gasteiger partial charge in [0.15, 0.2) is 0 Å². The number of benzene rings is 2. The van der Waals surface area contributed by atoms with E-state index in [2.05, 4.69) is 10.2 Å². The smallest absolute Gasteiger partial charge is 0.251 e. The summed E-state index contributed by atoms with van der Waals surface area (Å²) >= 11 is 0. The number of nitrogens with zero attached hydrogens (tertiary/aromatic N) is 1. The number of alkyl halides is 2. The zero-order chi connectivity index (χ0) is 18.9. The van der Waals surface area contributed by atoms with E-state index in [9.17, 15) is 8.78 Å². The first-order valence-corrected chi connectivity index (χ1v) is 8.85. The third-order valence-corrected chi connectivity index (χ3v) is 4.84. The summed E-state index contributed by atoms with van der Waals surface area (Å²) < 4.78 is 37.0. The first-order chi connectivity index (χ1) is 13.0. The number of aromatic amines is 1. The van der Waals surface area contributed by atoms with E-state index in [4.69, 9.17) is 9.47 Å². The van der Waals surface area contributed by atoms with Gasteiger partial charge < -0.3 is 9.47 Å². The first kappa shape index (κ1) is 17.5. The van der Waals surface area contributed by atoms with Crippen LogP contribution in [0.4, 0.5) is 8.78 Å². The van der Waals surface area contributed by atoms with E-state index in [0.717, 1.165) is 22.4 Å². The van der Waals surface area contributed by atoms with Crippen LogP contribution in [0, 0.1) is 5.92 Å².